The second-order valence-electron chi connectivity index (χ2n) is 6.02. The number of aromatic hydroxyl groups is 1. The number of thiazole rings is 1. The number of para-hydroxylation sites is 1. The van der Waals surface area contributed by atoms with Crippen LogP contribution in [0.2, 0.25) is 0 Å². The molecule has 7 heteroatoms. The lowest BCUT2D eigenvalue weighted by Gasteiger charge is -2.21. The number of hydrogen-bond acceptors (Lipinski definition) is 5. The fourth-order valence-electron chi connectivity index (χ4n) is 2.73. The van der Waals surface area contributed by atoms with Crippen molar-refractivity contribution in [1.82, 2.24) is 9.88 Å². The average Bonchev–Trinajstić information content (AvgIpc) is 2.98. The number of benzene rings is 2. The standard InChI is InChI=1S/C19H20FN3O2S/c1-2-9-23(11-13-5-3-4-6-16(13)24)12-18(25)22-19-21-15-8-7-14(20)10-17(15)26-19/h3-8,10,24H,2,9,11-12H2,1H3,(H,21,22,25). The highest BCUT2D eigenvalue weighted by atomic mass is 32.1. The number of nitrogens with one attached hydrogen (secondary N) is 1. The number of rotatable bonds is 7. The number of anilines is 1. The van der Waals surface area contributed by atoms with Crippen LogP contribution in [0.15, 0.2) is 42.5 Å². The van der Waals surface area contributed by atoms with Gasteiger partial charge in [0.25, 0.3) is 0 Å². The fourth-order valence-corrected chi connectivity index (χ4v) is 3.64. The molecule has 26 heavy (non-hydrogen) atoms. The zero-order valence-electron chi connectivity index (χ0n) is 14.4. The molecule has 0 aliphatic carbocycles. The largest absolute Gasteiger partial charge is 0.508 e. The summed E-state index contributed by atoms with van der Waals surface area (Å²) < 4.78 is 14.0. The van der Waals surface area contributed by atoms with Gasteiger partial charge in [-0.2, -0.15) is 0 Å². The molecule has 0 aliphatic rings. The van der Waals surface area contributed by atoms with Gasteiger partial charge < -0.3 is 10.4 Å². The van der Waals surface area contributed by atoms with Gasteiger partial charge >= 0.3 is 0 Å². The molecule has 0 radical (unpaired) electrons. The van der Waals surface area contributed by atoms with Crippen LogP contribution in [0.25, 0.3) is 10.2 Å². The van der Waals surface area contributed by atoms with Crippen molar-refractivity contribution in [3.63, 3.8) is 0 Å². The lowest BCUT2D eigenvalue weighted by Crippen LogP contribution is -2.33. The number of carbonyl (C=O) groups excluding carboxylic acids is 1. The van der Waals surface area contributed by atoms with Gasteiger partial charge in [0.05, 0.1) is 16.8 Å². The first-order chi connectivity index (χ1) is 12.5. The molecule has 0 fully saturated rings. The van der Waals surface area contributed by atoms with Crippen molar-refractivity contribution in [2.75, 3.05) is 18.4 Å². The van der Waals surface area contributed by atoms with Crippen LogP contribution in [-0.4, -0.2) is 34.0 Å². The average molecular weight is 373 g/mol. The summed E-state index contributed by atoms with van der Waals surface area (Å²) >= 11 is 1.25. The highest BCUT2D eigenvalue weighted by Gasteiger charge is 2.14. The highest BCUT2D eigenvalue weighted by molar-refractivity contribution is 7.22. The number of aromatic nitrogens is 1. The highest BCUT2D eigenvalue weighted by Crippen LogP contribution is 2.26. The molecule has 2 aromatic carbocycles. The summed E-state index contributed by atoms with van der Waals surface area (Å²) in [4.78, 5) is 18.7. The van der Waals surface area contributed by atoms with E-state index in [2.05, 4.69) is 10.3 Å². The second kappa shape index (κ2) is 8.25. The number of hydrogen-bond donors (Lipinski definition) is 2. The maximum absolute atomic E-state index is 13.3. The van der Waals surface area contributed by atoms with Gasteiger partial charge in [0.1, 0.15) is 11.6 Å². The van der Waals surface area contributed by atoms with Crippen molar-refractivity contribution in [3.05, 3.63) is 53.8 Å². The third-order valence-electron chi connectivity index (χ3n) is 3.89. The number of halogens is 1. The molecular weight excluding hydrogens is 353 g/mol. The molecule has 5 nitrogen and oxygen atoms in total. The monoisotopic (exact) mass is 373 g/mol. The first-order valence-electron chi connectivity index (χ1n) is 8.40. The first-order valence-corrected chi connectivity index (χ1v) is 9.22. The van der Waals surface area contributed by atoms with Gasteiger partial charge in [-0.15, -0.1) is 0 Å². The molecule has 0 spiro atoms. The van der Waals surface area contributed by atoms with E-state index in [1.807, 2.05) is 24.0 Å². The van der Waals surface area contributed by atoms with Crippen LogP contribution in [0.5, 0.6) is 5.75 Å². The summed E-state index contributed by atoms with van der Waals surface area (Å²) in [5.41, 5.74) is 1.44. The van der Waals surface area contributed by atoms with Gasteiger partial charge in [-0.3, -0.25) is 9.69 Å². The van der Waals surface area contributed by atoms with Crippen molar-refractivity contribution in [2.45, 2.75) is 19.9 Å². The Labute approximate surface area is 155 Å². The Bertz CT molecular complexity index is 913. The maximum Gasteiger partial charge on any atom is 0.240 e. The molecule has 1 heterocycles. The van der Waals surface area contributed by atoms with Crippen LogP contribution in [0.3, 0.4) is 0 Å². The molecule has 0 atom stereocenters. The summed E-state index contributed by atoms with van der Waals surface area (Å²) in [6.07, 6.45) is 0.890. The predicted molar refractivity (Wildman–Crippen MR) is 102 cm³/mol. The molecule has 0 saturated heterocycles. The van der Waals surface area contributed by atoms with E-state index >= 15 is 0 Å². The summed E-state index contributed by atoms with van der Waals surface area (Å²) in [5, 5.41) is 13.2. The Hall–Kier alpha value is -2.51. The number of fused-ring (bicyclic) bond motifs is 1. The maximum atomic E-state index is 13.3. The van der Waals surface area contributed by atoms with E-state index in [0.717, 1.165) is 18.5 Å². The van der Waals surface area contributed by atoms with Crippen LogP contribution < -0.4 is 5.32 Å². The predicted octanol–water partition coefficient (Wildman–Crippen LogP) is 3.99. The second-order valence-corrected chi connectivity index (χ2v) is 7.05. The van der Waals surface area contributed by atoms with E-state index in [9.17, 15) is 14.3 Å². The first kappa shape index (κ1) is 18.3. The van der Waals surface area contributed by atoms with E-state index in [1.54, 1.807) is 18.2 Å². The lowest BCUT2D eigenvalue weighted by atomic mass is 10.2. The summed E-state index contributed by atoms with van der Waals surface area (Å²) in [6, 6.07) is 11.5. The van der Waals surface area contributed by atoms with E-state index in [1.165, 1.54) is 23.5 Å². The Balaban J connectivity index is 1.66. The normalized spacial score (nSPS) is 11.2. The third kappa shape index (κ3) is 4.56. The van der Waals surface area contributed by atoms with Gasteiger partial charge in [-0.1, -0.05) is 36.5 Å². The topological polar surface area (TPSA) is 65.5 Å². The van der Waals surface area contributed by atoms with Crippen molar-refractivity contribution in [1.29, 1.82) is 0 Å². The molecule has 0 saturated carbocycles. The van der Waals surface area contributed by atoms with E-state index in [-0.39, 0.29) is 24.0 Å². The SMILES string of the molecule is CCCN(CC(=O)Nc1nc2ccc(F)cc2s1)Cc1ccccc1O. The van der Waals surface area contributed by atoms with Gasteiger partial charge in [-0.25, -0.2) is 9.37 Å². The molecule has 1 amide bonds. The lowest BCUT2D eigenvalue weighted by molar-refractivity contribution is -0.117. The van der Waals surface area contributed by atoms with Crippen LogP contribution in [0, 0.1) is 5.82 Å². The van der Waals surface area contributed by atoms with Crippen LogP contribution in [0.4, 0.5) is 9.52 Å². The molecule has 0 bridgehead atoms. The Morgan fingerprint density at radius 2 is 2.12 bits per heavy atom. The molecule has 0 unspecified atom stereocenters. The van der Waals surface area contributed by atoms with Crippen molar-refractivity contribution < 1.29 is 14.3 Å². The number of nitrogens with zero attached hydrogens (tertiary/aromatic N) is 2. The summed E-state index contributed by atoms with van der Waals surface area (Å²) in [7, 11) is 0. The van der Waals surface area contributed by atoms with Gasteiger partial charge in [0.15, 0.2) is 5.13 Å². The number of phenols is 1. The van der Waals surface area contributed by atoms with E-state index in [0.29, 0.717) is 21.9 Å². The number of carbonyl (C=O) groups is 1. The zero-order chi connectivity index (χ0) is 18.5. The quantitative estimate of drug-likeness (QED) is 0.657. The third-order valence-corrected chi connectivity index (χ3v) is 4.82. The van der Waals surface area contributed by atoms with E-state index in [4.69, 9.17) is 0 Å². The van der Waals surface area contributed by atoms with Gasteiger partial charge in [-0.05, 0) is 37.2 Å². The molecule has 0 aliphatic heterocycles. The fraction of sp³-hybridized carbons (Fsp3) is 0.263. The smallest absolute Gasteiger partial charge is 0.240 e. The van der Waals surface area contributed by atoms with Crippen LogP contribution >= 0.6 is 11.3 Å². The van der Waals surface area contributed by atoms with Gasteiger partial charge in [0.2, 0.25) is 5.91 Å². The van der Waals surface area contributed by atoms with Crippen molar-refractivity contribution >= 4 is 32.6 Å². The minimum absolute atomic E-state index is 0.187. The molecule has 2 N–H and O–H groups in total. The molecule has 1 aromatic heterocycles. The molecule has 136 valence electrons. The van der Waals surface area contributed by atoms with Crippen LogP contribution in [0.1, 0.15) is 18.9 Å². The van der Waals surface area contributed by atoms with Crippen molar-refractivity contribution in [3.8, 4) is 5.75 Å². The number of phenolic OH excluding ortho intramolecular Hbond substituents is 1. The minimum Gasteiger partial charge on any atom is -0.508 e. The summed E-state index contributed by atoms with van der Waals surface area (Å²) in [5.74, 6) is -0.286. The Morgan fingerprint density at radius 1 is 1.31 bits per heavy atom. The number of amides is 1. The van der Waals surface area contributed by atoms with E-state index < -0.39 is 0 Å². The molecule has 3 rings (SSSR count). The Morgan fingerprint density at radius 3 is 2.88 bits per heavy atom. The minimum atomic E-state index is -0.323. The summed E-state index contributed by atoms with van der Waals surface area (Å²) in [6.45, 7) is 3.44. The zero-order valence-corrected chi connectivity index (χ0v) is 15.2. The van der Waals surface area contributed by atoms with Crippen molar-refractivity contribution in [2.24, 2.45) is 0 Å². The van der Waals surface area contributed by atoms with Crippen LogP contribution in [-0.2, 0) is 11.3 Å². The molecule has 3 aromatic rings. The molecular formula is C19H20FN3O2S. The van der Waals surface area contributed by atoms with Gasteiger partial charge in [0, 0.05) is 12.1 Å². The Kier molecular flexibility index (Phi) is 5.80.